The van der Waals surface area contributed by atoms with E-state index in [0.717, 1.165) is 25.7 Å². The summed E-state index contributed by atoms with van der Waals surface area (Å²) in [6.45, 7) is 3.31. The van der Waals surface area contributed by atoms with Crippen LogP contribution in [0.4, 0.5) is 0 Å². The number of aliphatic hydroxyl groups is 1. The highest BCUT2D eigenvalue weighted by Gasteiger charge is 2.12. The summed E-state index contributed by atoms with van der Waals surface area (Å²) in [6, 6.07) is 0. The lowest BCUT2D eigenvalue weighted by Gasteiger charge is -2.14. The summed E-state index contributed by atoms with van der Waals surface area (Å²) >= 11 is 0. The average molecular weight is 216 g/mol. The summed E-state index contributed by atoms with van der Waals surface area (Å²) in [5.74, 6) is 0.364. The van der Waals surface area contributed by atoms with Crippen molar-refractivity contribution < 1.29 is 9.90 Å². The standard InChI is InChI=1S/C11H24N2O2/c1-2-3-4-10(5-8-14)9-11(15)13-7-6-12/h10,14H,2-9,12H2,1H3,(H,13,15). The van der Waals surface area contributed by atoms with Gasteiger partial charge in [0.1, 0.15) is 0 Å². The Morgan fingerprint density at radius 1 is 1.47 bits per heavy atom. The van der Waals surface area contributed by atoms with Crippen molar-refractivity contribution in [3.63, 3.8) is 0 Å². The summed E-state index contributed by atoms with van der Waals surface area (Å²) < 4.78 is 0. The number of carbonyl (C=O) groups is 1. The van der Waals surface area contributed by atoms with Crippen LogP contribution in [0.3, 0.4) is 0 Å². The smallest absolute Gasteiger partial charge is 0.220 e. The van der Waals surface area contributed by atoms with E-state index < -0.39 is 0 Å². The van der Waals surface area contributed by atoms with Gasteiger partial charge in [-0.05, 0) is 18.8 Å². The van der Waals surface area contributed by atoms with E-state index in [0.29, 0.717) is 25.4 Å². The van der Waals surface area contributed by atoms with Crippen LogP contribution in [0.15, 0.2) is 0 Å². The van der Waals surface area contributed by atoms with Crippen LogP contribution in [0.25, 0.3) is 0 Å². The predicted octanol–water partition coefficient (Wildman–Crippen LogP) is 0.640. The number of aliphatic hydroxyl groups excluding tert-OH is 1. The number of carbonyl (C=O) groups excluding carboxylic acids is 1. The van der Waals surface area contributed by atoms with Crippen LogP contribution >= 0.6 is 0 Å². The lowest BCUT2D eigenvalue weighted by molar-refractivity contribution is -0.122. The topological polar surface area (TPSA) is 75.3 Å². The first kappa shape index (κ1) is 14.4. The van der Waals surface area contributed by atoms with Gasteiger partial charge in [-0.1, -0.05) is 19.8 Å². The van der Waals surface area contributed by atoms with Crippen molar-refractivity contribution >= 4 is 5.91 Å². The van der Waals surface area contributed by atoms with E-state index in [-0.39, 0.29) is 12.5 Å². The highest BCUT2D eigenvalue weighted by Crippen LogP contribution is 2.16. The fraction of sp³-hybridized carbons (Fsp3) is 0.909. The fourth-order valence-corrected chi connectivity index (χ4v) is 1.57. The van der Waals surface area contributed by atoms with E-state index in [1.807, 2.05) is 0 Å². The van der Waals surface area contributed by atoms with Crippen LogP contribution in [0, 0.1) is 5.92 Å². The molecule has 4 N–H and O–H groups in total. The second-order valence-electron chi connectivity index (χ2n) is 3.86. The average Bonchev–Trinajstić information content (AvgIpc) is 2.23. The molecule has 0 saturated carbocycles. The zero-order valence-corrected chi connectivity index (χ0v) is 9.67. The van der Waals surface area contributed by atoms with Gasteiger partial charge in [0.2, 0.25) is 5.91 Å². The highest BCUT2D eigenvalue weighted by molar-refractivity contribution is 5.76. The minimum absolute atomic E-state index is 0.0509. The summed E-state index contributed by atoms with van der Waals surface area (Å²) in [5, 5.41) is 11.6. The van der Waals surface area contributed by atoms with Gasteiger partial charge >= 0.3 is 0 Å². The summed E-state index contributed by atoms with van der Waals surface area (Å²) in [7, 11) is 0. The third kappa shape index (κ3) is 8.39. The van der Waals surface area contributed by atoms with Crippen molar-refractivity contribution in [1.82, 2.24) is 5.32 Å². The molecule has 0 aromatic rings. The Hall–Kier alpha value is -0.610. The highest BCUT2D eigenvalue weighted by atomic mass is 16.3. The molecule has 90 valence electrons. The second kappa shape index (κ2) is 9.93. The molecule has 4 nitrogen and oxygen atoms in total. The first-order chi connectivity index (χ1) is 7.24. The van der Waals surface area contributed by atoms with E-state index >= 15 is 0 Å². The Kier molecular flexibility index (Phi) is 9.52. The number of nitrogens with one attached hydrogen (secondary N) is 1. The van der Waals surface area contributed by atoms with Crippen LogP contribution in [0.1, 0.15) is 39.0 Å². The molecule has 0 aromatic heterocycles. The number of unbranched alkanes of at least 4 members (excludes halogenated alkanes) is 1. The van der Waals surface area contributed by atoms with E-state index in [9.17, 15) is 4.79 Å². The zero-order chi connectivity index (χ0) is 11.5. The second-order valence-corrected chi connectivity index (χ2v) is 3.86. The maximum Gasteiger partial charge on any atom is 0.220 e. The first-order valence-corrected chi connectivity index (χ1v) is 5.82. The van der Waals surface area contributed by atoms with Crippen molar-refractivity contribution in [2.24, 2.45) is 11.7 Å². The first-order valence-electron chi connectivity index (χ1n) is 5.82. The third-order valence-electron chi connectivity index (χ3n) is 2.44. The van der Waals surface area contributed by atoms with Crippen LogP contribution in [-0.2, 0) is 4.79 Å². The van der Waals surface area contributed by atoms with Gasteiger partial charge < -0.3 is 16.2 Å². The van der Waals surface area contributed by atoms with E-state index in [4.69, 9.17) is 10.8 Å². The van der Waals surface area contributed by atoms with E-state index in [1.54, 1.807) is 0 Å². The molecule has 4 heteroatoms. The lowest BCUT2D eigenvalue weighted by atomic mass is 9.95. The Balaban J connectivity index is 3.76. The van der Waals surface area contributed by atoms with Gasteiger partial charge in [0, 0.05) is 26.1 Å². The molecule has 0 aliphatic rings. The molecule has 0 aliphatic heterocycles. The number of hydrogen-bond acceptors (Lipinski definition) is 3. The van der Waals surface area contributed by atoms with Gasteiger partial charge in [-0.3, -0.25) is 4.79 Å². The monoisotopic (exact) mass is 216 g/mol. The number of hydrogen-bond donors (Lipinski definition) is 3. The van der Waals surface area contributed by atoms with Gasteiger partial charge in [-0.25, -0.2) is 0 Å². The molecule has 1 unspecified atom stereocenters. The Bertz CT molecular complexity index is 163. The van der Waals surface area contributed by atoms with Crippen LogP contribution < -0.4 is 11.1 Å². The molecule has 0 rings (SSSR count). The Morgan fingerprint density at radius 2 is 2.20 bits per heavy atom. The van der Waals surface area contributed by atoms with Gasteiger partial charge in [-0.2, -0.15) is 0 Å². The minimum Gasteiger partial charge on any atom is -0.396 e. The molecule has 0 spiro atoms. The quantitative estimate of drug-likeness (QED) is 0.529. The molecule has 0 aromatic carbocycles. The predicted molar refractivity (Wildman–Crippen MR) is 61.4 cm³/mol. The number of nitrogens with two attached hydrogens (primary N) is 1. The molecular formula is C11H24N2O2. The van der Waals surface area contributed by atoms with Crippen LogP contribution in [0.2, 0.25) is 0 Å². The van der Waals surface area contributed by atoms with Crippen molar-refractivity contribution in [2.75, 3.05) is 19.7 Å². The normalized spacial score (nSPS) is 12.5. The molecule has 0 saturated heterocycles. The third-order valence-corrected chi connectivity index (χ3v) is 2.44. The molecule has 1 amide bonds. The van der Waals surface area contributed by atoms with Gasteiger partial charge in [0.05, 0.1) is 0 Å². The molecule has 0 fully saturated rings. The molecule has 0 heterocycles. The maximum atomic E-state index is 11.4. The molecule has 1 atom stereocenters. The van der Waals surface area contributed by atoms with Gasteiger partial charge in [0.15, 0.2) is 0 Å². The number of amides is 1. The van der Waals surface area contributed by atoms with E-state index in [1.165, 1.54) is 0 Å². The largest absolute Gasteiger partial charge is 0.396 e. The molecular weight excluding hydrogens is 192 g/mol. The van der Waals surface area contributed by atoms with Gasteiger partial charge in [0.25, 0.3) is 0 Å². The Morgan fingerprint density at radius 3 is 2.73 bits per heavy atom. The van der Waals surface area contributed by atoms with Crippen LogP contribution in [-0.4, -0.2) is 30.7 Å². The van der Waals surface area contributed by atoms with Crippen molar-refractivity contribution in [3.8, 4) is 0 Å². The van der Waals surface area contributed by atoms with Crippen molar-refractivity contribution in [3.05, 3.63) is 0 Å². The fourth-order valence-electron chi connectivity index (χ4n) is 1.57. The molecule has 0 aliphatic carbocycles. The zero-order valence-electron chi connectivity index (χ0n) is 9.67. The molecule has 0 radical (unpaired) electrons. The molecule has 15 heavy (non-hydrogen) atoms. The molecule has 0 bridgehead atoms. The summed E-state index contributed by atoms with van der Waals surface area (Å²) in [4.78, 5) is 11.4. The number of rotatable bonds is 9. The summed E-state index contributed by atoms with van der Waals surface area (Å²) in [6.07, 6.45) is 4.50. The maximum absolute atomic E-state index is 11.4. The van der Waals surface area contributed by atoms with Gasteiger partial charge in [-0.15, -0.1) is 0 Å². The SMILES string of the molecule is CCCCC(CCO)CC(=O)NCCN. The minimum atomic E-state index is 0.0509. The lowest BCUT2D eigenvalue weighted by Crippen LogP contribution is -2.30. The van der Waals surface area contributed by atoms with E-state index in [2.05, 4.69) is 12.2 Å². The Labute approximate surface area is 92.2 Å². The summed E-state index contributed by atoms with van der Waals surface area (Å²) in [5.41, 5.74) is 5.29. The van der Waals surface area contributed by atoms with Crippen LogP contribution in [0.5, 0.6) is 0 Å². The van der Waals surface area contributed by atoms with Crippen molar-refractivity contribution in [2.45, 2.75) is 39.0 Å². The van der Waals surface area contributed by atoms with Crippen molar-refractivity contribution in [1.29, 1.82) is 0 Å².